The number of nitrogens with zero attached hydrogens (tertiary/aromatic N) is 2. The van der Waals surface area contributed by atoms with E-state index in [9.17, 15) is 9.59 Å². The number of aliphatic imine (C=N–C) groups is 1. The fourth-order valence-corrected chi connectivity index (χ4v) is 4.02. The normalized spacial score (nSPS) is 19.6. The molecular formula is C18H10Cl2N2O2S. The molecule has 0 radical (unpaired) electrons. The molecule has 0 aliphatic carbocycles. The molecule has 124 valence electrons. The Morgan fingerprint density at radius 1 is 0.920 bits per heavy atom. The third kappa shape index (κ3) is 2.88. The summed E-state index contributed by atoms with van der Waals surface area (Å²) in [5, 5.41) is 1.26. The number of rotatable bonds is 2. The number of carbonyl (C=O) groups excluding carboxylic acids is 2. The number of anilines is 1. The van der Waals surface area contributed by atoms with Crippen molar-refractivity contribution < 1.29 is 9.59 Å². The quantitative estimate of drug-likeness (QED) is 0.720. The molecule has 2 aromatic rings. The van der Waals surface area contributed by atoms with Gasteiger partial charge in [0, 0.05) is 21.8 Å². The zero-order chi connectivity index (χ0) is 17.6. The maximum Gasteiger partial charge on any atom is 0.264 e. The van der Waals surface area contributed by atoms with Gasteiger partial charge >= 0.3 is 0 Å². The first-order valence-electron chi connectivity index (χ1n) is 7.39. The van der Waals surface area contributed by atoms with Gasteiger partial charge in [0.05, 0.1) is 11.3 Å². The molecule has 0 aromatic heterocycles. The Kier molecular flexibility index (Phi) is 4.15. The lowest BCUT2D eigenvalue weighted by molar-refractivity contribution is -0.120. The molecule has 2 heterocycles. The van der Waals surface area contributed by atoms with E-state index in [0.717, 1.165) is 5.56 Å². The lowest BCUT2D eigenvalue weighted by Gasteiger charge is -2.15. The first kappa shape index (κ1) is 16.4. The minimum Gasteiger partial charge on any atom is -0.272 e. The van der Waals surface area contributed by atoms with E-state index in [1.807, 2.05) is 12.1 Å². The van der Waals surface area contributed by atoms with Crippen molar-refractivity contribution >= 4 is 57.5 Å². The van der Waals surface area contributed by atoms with Crippen LogP contribution in [0, 0.1) is 0 Å². The van der Waals surface area contributed by atoms with Crippen LogP contribution in [0.4, 0.5) is 5.69 Å². The van der Waals surface area contributed by atoms with Crippen molar-refractivity contribution in [3.8, 4) is 0 Å². The van der Waals surface area contributed by atoms with Gasteiger partial charge < -0.3 is 0 Å². The molecule has 7 heteroatoms. The average Bonchev–Trinajstić information content (AvgIpc) is 2.87. The van der Waals surface area contributed by atoms with Crippen molar-refractivity contribution in [3.63, 3.8) is 0 Å². The summed E-state index contributed by atoms with van der Waals surface area (Å²) in [5.74, 6) is -0.617. The van der Waals surface area contributed by atoms with Crippen LogP contribution in [0.25, 0.3) is 0 Å². The van der Waals surface area contributed by atoms with Crippen molar-refractivity contribution in [3.05, 3.63) is 75.9 Å². The maximum atomic E-state index is 12.8. The van der Waals surface area contributed by atoms with Crippen LogP contribution in [0.1, 0.15) is 5.56 Å². The Morgan fingerprint density at radius 2 is 1.52 bits per heavy atom. The van der Waals surface area contributed by atoms with E-state index in [1.54, 1.807) is 36.4 Å². The predicted octanol–water partition coefficient (Wildman–Crippen LogP) is 4.31. The number of halogens is 2. The molecule has 0 saturated carbocycles. The van der Waals surface area contributed by atoms with E-state index in [2.05, 4.69) is 4.99 Å². The summed E-state index contributed by atoms with van der Waals surface area (Å²) < 4.78 is 0. The van der Waals surface area contributed by atoms with E-state index >= 15 is 0 Å². The Labute approximate surface area is 158 Å². The zero-order valence-corrected chi connectivity index (χ0v) is 15.0. The second-order valence-electron chi connectivity index (χ2n) is 5.48. The number of benzene rings is 2. The topological polar surface area (TPSA) is 49.7 Å². The standard InChI is InChI=1S/C18H10Cl2N2O2S/c19-11-3-1-10(2-4-11)16-21-9-14-15(25-16)18(24)22(17(14)23)13-7-5-12(20)6-8-13/h1-9,15H/t15-/m0/s1. The molecule has 0 spiro atoms. The zero-order valence-electron chi connectivity index (χ0n) is 12.6. The first-order chi connectivity index (χ1) is 12.0. The van der Waals surface area contributed by atoms with Gasteiger partial charge in [-0.2, -0.15) is 0 Å². The summed E-state index contributed by atoms with van der Waals surface area (Å²) in [6.45, 7) is 0. The number of thioether (sulfide) groups is 1. The molecule has 4 rings (SSSR count). The number of amides is 2. The van der Waals surface area contributed by atoms with Crippen LogP contribution < -0.4 is 4.90 Å². The molecule has 2 aromatic carbocycles. The predicted molar refractivity (Wildman–Crippen MR) is 101 cm³/mol. The second-order valence-corrected chi connectivity index (χ2v) is 7.45. The van der Waals surface area contributed by atoms with Crippen LogP contribution >= 0.6 is 35.0 Å². The molecule has 1 fully saturated rings. The van der Waals surface area contributed by atoms with Crippen LogP contribution in [-0.4, -0.2) is 22.1 Å². The van der Waals surface area contributed by atoms with Gasteiger partial charge in [-0.05, 0) is 36.4 Å². The number of hydrogen-bond donors (Lipinski definition) is 0. The van der Waals surface area contributed by atoms with Gasteiger partial charge in [0.2, 0.25) is 0 Å². The molecule has 2 amide bonds. The molecule has 25 heavy (non-hydrogen) atoms. The second kappa shape index (κ2) is 6.33. The highest BCUT2D eigenvalue weighted by molar-refractivity contribution is 8.15. The number of hydrogen-bond acceptors (Lipinski definition) is 4. The van der Waals surface area contributed by atoms with Crippen LogP contribution in [0.2, 0.25) is 10.0 Å². The molecule has 1 atom stereocenters. The molecule has 1 saturated heterocycles. The number of imide groups is 1. The number of fused-ring (bicyclic) bond motifs is 1. The minimum absolute atomic E-state index is 0.273. The van der Waals surface area contributed by atoms with E-state index in [4.69, 9.17) is 23.2 Å². The van der Waals surface area contributed by atoms with E-state index in [0.29, 0.717) is 26.3 Å². The average molecular weight is 389 g/mol. The molecule has 0 bridgehead atoms. The number of carbonyl (C=O) groups is 2. The Balaban J connectivity index is 1.65. The van der Waals surface area contributed by atoms with Crippen LogP contribution in [0.15, 0.2) is 65.3 Å². The molecular weight excluding hydrogens is 379 g/mol. The third-order valence-electron chi connectivity index (χ3n) is 3.90. The van der Waals surface area contributed by atoms with Crippen molar-refractivity contribution in [2.45, 2.75) is 5.25 Å². The highest BCUT2D eigenvalue weighted by Gasteiger charge is 2.46. The van der Waals surface area contributed by atoms with E-state index < -0.39 is 5.25 Å². The Hall–Kier alpha value is -2.08. The van der Waals surface area contributed by atoms with Gasteiger partial charge in [-0.15, -0.1) is 0 Å². The van der Waals surface area contributed by atoms with Crippen molar-refractivity contribution in [1.82, 2.24) is 0 Å². The minimum atomic E-state index is -0.591. The first-order valence-corrected chi connectivity index (χ1v) is 9.02. The van der Waals surface area contributed by atoms with E-state index in [-0.39, 0.29) is 11.8 Å². The molecule has 2 aliphatic heterocycles. The maximum absolute atomic E-state index is 12.8. The van der Waals surface area contributed by atoms with Crippen LogP contribution in [0.3, 0.4) is 0 Å². The molecule has 0 unspecified atom stereocenters. The summed E-state index contributed by atoms with van der Waals surface area (Å²) in [5.41, 5.74) is 1.75. The summed E-state index contributed by atoms with van der Waals surface area (Å²) in [4.78, 5) is 31.0. The van der Waals surface area contributed by atoms with Gasteiger partial charge in [0.15, 0.2) is 0 Å². The fourth-order valence-electron chi connectivity index (χ4n) is 2.67. The summed E-state index contributed by atoms with van der Waals surface area (Å²) >= 11 is 13.1. The van der Waals surface area contributed by atoms with Gasteiger partial charge in [0.1, 0.15) is 10.3 Å². The van der Waals surface area contributed by atoms with Gasteiger partial charge in [-0.3, -0.25) is 9.59 Å². The SMILES string of the molecule is O=C1C2=CN=C(c3ccc(Cl)cc3)S[C@@H]2C(=O)N1c1ccc(Cl)cc1. The fraction of sp³-hybridized carbons (Fsp3) is 0.0556. The molecule has 0 N–H and O–H groups in total. The third-order valence-corrected chi connectivity index (χ3v) is 5.66. The highest BCUT2D eigenvalue weighted by Crippen LogP contribution is 2.38. The molecule has 2 aliphatic rings. The van der Waals surface area contributed by atoms with Crippen molar-refractivity contribution in [2.75, 3.05) is 4.90 Å². The Morgan fingerprint density at radius 3 is 2.16 bits per heavy atom. The summed E-state index contributed by atoms with van der Waals surface area (Å²) in [7, 11) is 0. The lowest BCUT2D eigenvalue weighted by Crippen LogP contribution is -2.31. The molecule has 4 nitrogen and oxygen atoms in total. The van der Waals surface area contributed by atoms with Crippen LogP contribution in [0.5, 0.6) is 0 Å². The Bertz CT molecular complexity index is 937. The van der Waals surface area contributed by atoms with Gasteiger partial charge in [0.25, 0.3) is 11.8 Å². The smallest absolute Gasteiger partial charge is 0.264 e. The lowest BCUT2D eigenvalue weighted by atomic mass is 10.2. The van der Waals surface area contributed by atoms with E-state index in [1.165, 1.54) is 22.9 Å². The summed E-state index contributed by atoms with van der Waals surface area (Å²) in [6, 6.07) is 13.8. The van der Waals surface area contributed by atoms with Crippen LogP contribution in [-0.2, 0) is 9.59 Å². The van der Waals surface area contributed by atoms with Gasteiger partial charge in [-0.25, -0.2) is 9.89 Å². The highest BCUT2D eigenvalue weighted by atomic mass is 35.5. The largest absolute Gasteiger partial charge is 0.272 e. The van der Waals surface area contributed by atoms with Crippen molar-refractivity contribution in [2.24, 2.45) is 4.99 Å². The van der Waals surface area contributed by atoms with Gasteiger partial charge in [-0.1, -0.05) is 47.1 Å². The monoisotopic (exact) mass is 388 g/mol. The summed E-state index contributed by atoms with van der Waals surface area (Å²) in [6.07, 6.45) is 1.49. The van der Waals surface area contributed by atoms with Crippen molar-refractivity contribution in [1.29, 1.82) is 0 Å².